The molecule has 0 radical (unpaired) electrons. The largest absolute Gasteiger partial charge is 0.497 e. The smallest absolute Gasteiger partial charge is 0.271 e. The number of amides is 1. The molecule has 0 saturated carbocycles. The second kappa shape index (κ2) is 8.71. The zero-order chi connectivity index (χ0) is 17.4. The van der Waals surface area contributed by atoms with Gasteiger partial charge in [0.25, 0.3) is 11.5 Å². The summed E-state index contributed by atoms with van der Waals surface area (Å²) in [5, 5.41) is 6.77. The van der Waals surface area contributed by atoms with E-state index in [0.29, 0.717) is 25.4 Å². The van der Waals surface area contributed by atoms with Gasteiger partial charge in [-0.3, -0.25) is 9.59 Å². The summed E-state index contributed by atoms with van der Waals surface area (Å²) < 4.78 is 11.9. The number of ether oxygens (including phenoxy) is 2. The Morgan fingerprint density at radius 3 is 2.54 bits per heavy atom. The third-order valence-electron chi connectivity index (χ3n) is 3.25. The van der Waals surface area contributed by atoms with Gasteiger partial charge in [0, 0.05) is 12.6 Å². The zero-order valence-corrected chi connectivity index (χ0v) is 13.8. The monoisotopic (exact) mass is 331 g/mol. The number of nitrogens with one attached hydrogen (secondary N) is 1. The molecule has 0 fully saturated rings. The minimum atomic E-state index is -0.335. The van der Waals surface area contributed by atoms with E-state index in [1.807, 2.05) is 6.92 Å². The highest BCUT2D eigenvalue weighted by molar-refractivity contribution is 5.91. The van der Waals surface area contributed by atoms with Gasteiger partial charge in [-0.1, -0.05) is 6.92 Å². The van der Waals surface area contributed by atoms with Crippen molar-refractivity contribution >= 4 is 5.91 Å². The van der Waals surface area contributed by atoms with Gasteiger partial charge < -0.3 is 14.8 Å². The van der Waals surface area contributed by atoms with E-state index in [1.165, 1.54) is 16.8 Å². The van der Waals surface area contributed by atoms with Gasteiger partial charge in [-0.15, -0.1) is 0 Å². The lowest BCUT2D eigenvalue weighted by atomic mass is 10.3. The molecule has 0 atom stereocenters. The molecular weight excluding hydrogens is 310 g/mol. The van der Waals surface area contributed by atoms with Gasteiger partial charge in [0.2, 0.25) is 0 Å². The van der Waals surface area contributed by atoms with Crippen molar-refractivity contribution in [2.24, 2.45) is 0 Å². The third kappa shape index (κ3) is 4.84. The van der Waals surface area contributed by atoms with E-state index in [2.05, 4.69) is 10.4 Å². The maximum absolute atomic E-state index is 12.0. The van der Waals surface area contributed by atoms with Crippen molar-refractivity contribution in [3.63, 3.8) is 0 Å². The Morgan fingerprint density at radius 1 is 1.17 bits per heavy atom. The Bertz CT molecular complexity index is 725. The molecule has 1 heterocycles. The molecule has 1 aromatic carbocycles. The molecule has 1 N–H and O–H groups in total. The lowest BCUT2D eigenvalue weighted by Crippen LogP contribution is -2.31. The number of nitrogens with zero attached hydrogens (tertiary/aromatic N) is 2. The molecule has 0 unspecified atom stereocenters. The molecule has 1 amide bonds. The Balaban J connectivity index is 1.82. The first-order valence-electron chi connectivity index (χ1n) is 7.77. The SMILES string of the molecule is CCCn1nc(C(=O)NCCOc2ccc(OC)cc2)ccc1=O. The second-order valence-electron chi connectivity index (χ2n) is 5.06. The molecule has 7 nitrogen and oxygen atoms in total. The van der Waals surface area contributed by atoms with Crippen LogP contribution in [0.1, 0.15) is 23.8 Å². The molecule has 0 spiro atoms. The normalized spacial score (nSPS) is 10.2. The van der Waals surface area contributed by atoms with Crippen LogP contribution in [-0.2, 0) is 6.54 Å². The number of hydrogen-bond donors (Lipinski definition) is 1. The molecular formula is C17H21N3O4. The summed E-state index contributed by atoms with van der Waals surface area (Å²) in [6.07, 6.45) is 0.772. The second-order valence-corrected chi connectivity index (χ2v) is 5.06. The molecule has 0 saturated heterocycles. The topological polar surface area (TPSA) is 82.5 Å². The standard InChI is InChI=1S/C17H21N3O4/c1-3-11-20-16(21)9-8-15(19-20)17(22)18-10-12-24-14-6-4-13(23-2)5-7-14/h4-9H,3,10-12H2,1-2H3,(H,18,22). The minimum absolute atomic E-state index is 0.212. The van der Waals surface area contributed by atoms with Crippen molar-refractivity contribution in [1.82, 2.24) is 15.1 Å². The number of carbonyl (C=O) groups is 1. The molecule has 0 bridgehead atoms. The molecule has 24 heavy (non-hydrogen) atoms. The van der Waals surface area contributed by atoms with Crippen LogP contribution in [0.25, 0.3) is 0 Å². The van der Waals surface area contributed by atoms with Crippen LogP contribution in [0.4, 0.5) is 0 Å². The van der Waals surface area contributed by atoms with Crippen LogP contribution in [0.15, 0.2) is 41.2 Å². The van der Waals surface area contributed by atoms with E-state index in [1.54, 1.807) is 31.4 Å². The number of hydrogen-bond acceptors (Lipinski definition) is 5. The molecule has 2 aromatic rings. The van der Waals surface area contributed by atoms with Gasteiger partial charge in [0.1, 0.15) is 23.8 Å². The van der Waals surface area contributed by atoms with Gasteiger partial charge in [-0.2, -0.15) is 5.10 Å². The summed E-state index contributed by atoms with van der Waals surface area (Å²) in [5.74, 6) is 1.11. The molecule has 0 aliphatic heterocycles. The van der Waals surface area contributed by atoms with Crippen LogP contribution >= 0.6 is 0 Å². The Morgan fingerprint density at radius 2 is 1.88 bits per heavy atom. The van der Waals surface area contributed by atoms with Gasteiger partial charge in [0.15, 0.2) is 0 Å². The van der Waals surface area contributed by atoms with Crippen LogP contribution < -0.4 is 20.3 Å². The van der Waals surface area contributed by atoms with E-state index >= 15 is 0 Å². The van der Waals surface area contributed by atoms with Crippen molar-refractivity contribution in [2.45, 2.75) is 19.9 Å². The molecule has 2 rings (SSSR count). The fraction of sp³-hybridized carbons (Fsp3) is 0.353. The van der Waals surface area contributed by atoms with Crippen molar-refractivity contribution in [1.29, 1.82) is 0 Å². The van der Waals surface area contributed by atoms with Crippen molar-refractivity contribution in [3.8, 4) is 11.5 Å². The summed E-state index contributed by atoms with van der Waals surface area (Å²) in [6, 6.07) is 9.97. The van der Waals surface area contributed by atoms with E-state index in [0.717, 1.165) is 12.2 Å². The first-order chi connectivity index (χ1) is 11.6. The molecule has 128 valence electrons. The number of carbonyl (C=O) groups excluding carboxylic acids is 1. The van der Waals surface area contributed by atoms with E-state index in [-0.39, 0.29) is 17.2 Å². The summed E-state index contributed by atoms with van der Waals surface area (Å²) in [6.45, 7) is 3.09. The van der Waals surface area contributed by atoms with E-state index in [9.17, 15) is 9.59 Å². The average Bonchev–Trinajstić information content (AvgIpc) is 2.61. The van der Waals surface area contributed by atoms with Crippen molar-refractivity contribution in [3.05, 3.63) is 52.4 Å². The fourth-order valence-corrected chi connectivity index (χ4v) is 2.04. The highest BCUT2D eigenvalue weighted by atomic mass is 16.5. The zero-order valence-electron chi connectivity index (χ0n) is 13.8. The number of aromatic nitrogens is 2. The Hall–Kier alpha value is -2.83. The summed E-state index contributed by atoms with van der Waals surface area (Å²) in [4.78, 5) is 23.6. The van der Waals surface area contributed by atoms with Crippen LogP contribution in [0.5, 0.6) is 11.5 Å². The van der Waals surface area contributed by atoms with E-state index in [4.69, 9.17) is 9.47 Å². The van der Waals surface area contributed by atoms with Gasteiger partial charge in [0.05, 0.1) is 13.7 Å². The average molecular weight is 331 g/mol. The molecule has 0 aliphatic rings. The first kappa shape index (κ1) is 17.5. The van der Waals surface area contributed by atoms with Crippen molar-refractivity contribution in [2.75, 3.05) is 20.3 Å². The van der Waals surface area contributed by atoms with Crippen LogP contribution in [0, 0.1) is 0 Å². The predicted octanol–water partition coefficient (Wildman–Crippen LogP) is 1.47. The molecule has 0 aliphatic carbocycles. The van der Waals surface area contributed by atoms with Crippen LogP contribution in [0.2, 0.25) is 0 Å². The maximum Gasteiger partial charge on any atom is 0.271 e. The van der Waals surface area contributed by atoms with Crippen LogP contribution in [-0.4, -0.2) is 35.9 Å². The fourth-order valence-electron chi connectivity index (χ4n) is 2.04. The Labute approximate surface area is 140 Å². The van der Waals surface area contributed by atoms with Crippen molar-refractivity contribution < 1.29 is 14.3 Å². The summed E-state index contributed by atoms with van der Waals surface area (Å²) >= 11 is 0. The first-order valence-corrected chi connectivity index (χ1v) is 7.77. The lowest BCUT2D eigenvalue weighted by Gasteiger charge is -2.09. The van der Waals surface area contributed by atoms with Gasteiger partial charge >= 0.3 is 0 Å². The quantitative estimate of drug-likeness (QED) is 0.741. The summed E-state index contributed by atoms with van der Waals surface area (Å²) in [7, 11) is 1.60. The lowest BCUT2D eigenvalue weighted by molar-refractivity contribution is 0.0939. The highest BCUT2D eigenvalue weighted by Crippen LogP contribution is 2.16. The molecule has 1 aromatic heterocycles. The van der Waals surface area contributed by atoms with Gasteiger partial charge in [-0.05, 0) is 36.8 Å². The maximum atomic E-state index is 12.0. The highest BCUT2D eigenvalue weighted by Gasteiger charge is 2.08. The third-order valence-corrected chi connectivity index (χ3v) is 3.25. The van der Waals surface area contributed by atoms with E-state index < -0.39 is 0 Å². The Kier molecular flexibility index (Phi) is 6.36. The van der Waals surface area contributed by atoms with Gasteiger partial charge in [-0.25, -0.2) is 4.68 Å². The number of benzene rings is 1. The molecule has 7 heteroatoms. The predicted molar refractivity (Wildman–Crippen MR) is 89.6 cm³/mol. The number of aryl methyl sites for hydroxylation is 1. The van der Waals surface area contributed by atoms with Crippen LogP contribution in [0.3, 0.4) is 0 Å². The minimum Gasteiger partial charge on any atom is -0.497 e. The number of rotatable bonds is 8. The summed E-state index contributed by atoms with van der Waals surface area (Å²) in [5.41, 5.74) is 0.00346. The number of methoxy groups -OCH3 is 1.